The molecule has 0 saturated heterocycles. The minimum atomic E-state index is 0.0344. The number of benzene rings is 1. The number of hydrogen-bond acceptors (Lipinski definition) is 3. The fourth-order valence-corrected chi connectivity index (χ4v) is 6.04. The van der Waals surface area contributed by atoms with Crippen molar-refractivity contribution in [1.82, 2.24) is 9.47 Å². The molecule has 1 saturated carbocycles. The van der Waals surface area contributed by atoms with Crippen molar-refractivity contribution in [3.63, 3.8) is 0 Å². The lowest BCUT2D eigenvalue weighted by atomic mass is 9.80. The topological polar surface area (TPSA) is 34.5 Å². The number of ether oxygens (including phenoxy) is 1. The van der Waals surface area contributed by atoms with Crippen LogP contribution in [0.3, 0.4) is 0 Å². The summed E-state index contributed by atoms with van der Waals surface area (Å²) in [5.41, 5.74) is 5.59. The van der Waals surface area contributed by atoms with Crippen LogP contribution in [0.15, 0.2) is 30.5 Å². The summed E-state index contributed by atoms with van der Waals surface area (Å²) in [5, 5.41) is 1.42. The highest BCUT2D eigenvalue weighted by molar-refractivity contribution is 5.98. The van der Waals surface area contributed by atoms with Crippen molar-refractivity contribution in [2.45, 2.75) is 70.9 Å². The molecule has 1 aromatic carbocycles. The summed E-state index contributed by atoms with van der Waals surface area (Å²) in [7, 11) is 2.22. The lowest BCUT2D eigenvalue weighted by Crippen LogP contribution is -2.43. The number of carbonyl (C=O) groups is 1. The van der Waals surface area contributed by atoms with Crippen molar-refractivity contribution in [2.75, 3.05) is 20.2 Å². The molecule has 1 aliphatic heterocycles. The molecule has 0 N–H and O–H groups in total. The Morgan fingerprint density at radius 2 is 1.94 bits per heavy atom. The molecular weight excluding hydrogens is 384 g/mol. The van der Waals surface area contributed by atoms with E-state index < -0.39 is 0 Å². The molecule has 31 heavy (non-hydrogen) atoms. The van der Waals surface area contributed by atoms with Crippen molar-refractivity contribution >= 4 is 22.4 Å². The first-order valence-electron chi connectivity index (χ1n) is 12.2. The average Bonchev–Trinajstić information content (AvgIpc) is 2.94. The monoisotopic (exact) mass is 420 g/mol. The van der Waals surface area contributed by atoms with Gasteiger partial charge >= 0.3 is 5.97 Å². The van der Waals surface area contributed by atoms with Gasteiger partial charge in [-0.15, -0.1) is 0 Å². The summed E-state index contributed by atoms with van der Waals surface area (Å²) in [6, 6.07) is 7.59. The van der Waals surface area contributed by atoms with E-state index in [1.807, 2.05) is 0 Å². The maximum Gasteiger partial charge on any atom is 0.308 e. The van der Waals surface area contributed by atoms with Crippen molar-refractivity contribution in [2.24, 2.45) is 11.8 Å². The molecule has 166 valence electrons. The fourth-order valence-electron chi connectivity index (χ4n) is 6.04. The largest absolute Gasteiger partial charge is 0.465 e. The highest BCUT2D eigenvalue weighted by atomic mass is 16.5. The number of likely N-dealkylation sites (N-methyl/N-ethyl adjacent to an activating group) is 1. The lowest BCUT2D eigenvalue weighted by Gasteiger charge is -2.39. The van der Waals surface area contributed by atoms with Crippen molar-refractivity contribution < 1.29 is 9.53 Å². The Labute approximate surface area is 186 Å². The number of rotatable bonds is 4. The Balaban J connectivity index is 1.39. The Bertz CT molecular complexity index is 994. The minimum Gasteiger partial charge on any atom is -0.465 e. The van der Waals surface area contributed by atoms with E-state index in [9.17, 15) is 4.79 Å². The Kier molecular flexibility index (Phi) is 5.68. The van der Waals surface area contributed by atoms with E-state index in [2.05, 4.69) is 60.8 Å². The van der Waals surface area contributed by atoms with Gasteiger partial charge in [0.2, 0.25) is 0 Å². The van der Waals surface area contributed by atoms with Crippen LogP contribution in [-0.4, -0.2) is 41.7 Å². The summed E-state index contributed by atoms with van der Waals surface area (Å²) >= 11 is 0. The highest BCUT2D eigenvalue weighted by Gasteiger charge is 2.35. The first kappa shape index (κ1) is 20.8. The zero-order valence-electron chi connectivity index (χ0n) is 19.3. The van der Waals surface area contributed by atoms with Gasteiger partial charge in [0.1, 0.15) is 0 Å². The Morgan fingerprint density at radius 1 is 1.16 bits per heavy atom. The summed E-state index contributed by atoms with van der Waals surface area (Å²) in [5.74, 6) is 0.410. The van der Waals surface area contributed by atoms with E-state index >= 15 is 0 Å². The van der Waals surface area contributed by atoms with Crippen LogP contribution < -0.4 is 0 Å². The molecule has 0 amide bonds. The predicted octanol–water partition coefficient (Wildman–Crippen LogP) is 5.61. The number of esters is 1. The van der Waals surface area contributed by atoms with Crippen LogP contribution >= 0.6 is 0 Å². The molecule has 4 nitrogen and oxygen atoms in total. The first-order valence-corrected chi connectivity index (χ1v) is 12.2. The molecule has 2 aromatic rings. The van der Waals surface area contributed by atoms with E-state index in [0.29, 0.717) is 18.7 Å². The van der Waals surface area contributed by atoms with Gasteiger partial charge in [0.05, 0.1) is 12.5 Å². The molecule has 5 rings (SSSR count). The van der Waals surface area contributed by atoms with Gasteiger partial charge in [0, 0.05) is 41.6 Å². The van der Waals surface area contributed by atoms with Gasteiger partial charge in [-0.05, 0) is 62.9 Å². The second kappa shape index (κ2) is 8.46. The summed E-state index contributed by atoms with van der Waals surface area (Å²) in [4.78, 5) is 15.1. The summed E-state index contributed by atoms with van der Waals surface area (Å²) < 4.78 is 8.28. The molecule has 0 bridgehead atoms. The van der Waals surface area contributed by atoms with Crippen molar-refractivity contribution in [3.8, 4) is 0 Å². The quantitative estimate of drug-likeness (QED) is 0.477. The Morgan fingerprint density at radius 3 is 2.68 bits per heavy atom. The maximum absolute atomic E-state index is 12.7. The molecule has 0 unspecified atom stereocenters. The normalized spacial score (nSPS) is 24.7. The van der Waals surface area contributed by atoms with Gasteiger partial charge in [0.25, 0.3) is 0 Å². The first-order chi connectivity index (χ1) is 15.0. The van der Waals surface area contributed by atoms with Gasteiger partial charge in [-0.2, -0.15) is 0 Å². The third kappa shape index (κ3) is 3.84. The number of hydrogen-bond donors (Lipinski definition) is 0. The molecule has 0 spiro atoms. The van der Waals surface area contributed by atoms with Crippen molar-refractivity contribution in [1.29, 1.82) is 0 Å². The molecule has 2 aliphatic carbocycles. The predicted molar refractivity (Wildman–Crippen MR) is 126 cm³/mol. The van der Waals surface area contributed by atoms with Crippen LogP contribution in [-0.2, 0) is 16.0 Å². The third-order valence-corrected chi connectivity index (χ3v) is 7.67. The van der Waals surface area contributed by atoms with Crippen LogP contribution in [0, 0.1) is 11.8 Å². The van der Waals surface area contributed by atoms with Gasteiger partial charge in [-0.3, -0.25) is 9.69 Å². The minimum absolute atomic E-state index is 0.0344. The zero-order chi connectivity index (χ0) is 21.5. The molecule has 4 heteroatoms. The second-order valence-electron chi connectivity index (χ2n) is 10.2. The number of nitrogens with zero attached hydrogens (tertiary/aromatic N) is 2. The molecule has 2 heterocycles. The molecule has 1 aromatic heterocycles. The Hall–Kier alpha value is -2.07. The van der Waals surface area contributed by atoms with E-state index in [0.717, 1.165) is 25.8 Å². The number of aromatic nitrogens is 1. The van der Waals surface area contributed by atoms with Crippen molar-refractivity contribution in [3.05, 3.63) is 41.6 Å². The van der Waals surface area contributed by atoms with Crippen LogP contribution in [0.1, 0.15) is 69.5 Å². The van der Waals surface area contributed by atoms with Crippen LogP contribution in [0.2, 0.25) is 0 Å². The lowest BCUT2D eigenvalue weighted by molar-refractivity contribution is -0.150. The SMILES string of the molecule is CC(C)n1cc2c3c(cccc31)C1=C[C@@H](COC(=O)C3CCCCCC3)CN(C)[C@@H]1C2. The van der Waals surface area contributed by atoms with Gasteiger partial charge in [0.15, 0.2) is 0 Å². The highest BCUT2D eigenvalue weighted by Crippen LogP contribution is 2.42. The fraction of sp³-hybridized carbons (Fsp3) is 0.593. The van der Waals surface area contributed by atoms with Crippen LogP contribution in [0.4, 0.5) is 0 Å². The van der Waals surface area contributed by atoms with Gasteiger partial charge in [-0.1, -0.05) is 43.9 Å². The van der Waals surface area contributed by atoms with Crippen LogP contribution in [0.25, 0.3) is 16.5 Å². The van der Waals surface area contributed by atoms with E-state index in [1.54, 1.807) is 0 Å². The summed E-state index contributed by atoms with van der Waals surface area (Å²) in [6.07, 6.45) is 12.7. The molecular formula is C27H36N2O2. The number of carbonyl (C=O) groups excluding carboxylic acids is 1. The van der Waals surface area contributed by atoms with Gasteiger partial charge < -0.3 is 9.30 Å². The second-order valence-corrected chi connectivity index (χ2v) is 10.2. The van der Waals surface area contributed by atoms with E-state index in [-0.39, 0.29) is 17.8 Å². The van der Waals surface area contributed by atoms with Crippen LogP contribution in [0.5, 0.6) is 0 Å². The number of fused-ring (bicyclic) bond motifs is 2. The van der Waals surface area contributed by atoms with Gasteiger partial charge in [-0.25, -0.2) is 0 Å². The standard InChI is InChI=1S/C27H36N2O2/c1-18(2)29-16-21-14-25-23(22-11-8-12-24(29)26(21)22)13-19(15-28(25)3)17-31-27(30)20-9-6-4-5-7-10-20/h8,11-13,16,18-20,25H,4-7,9-10,14-15,17H2,1-3H3/t19-,25-/m1/s1. The molecule has 3 aliphatic rings. The third-order valence-electron chi connectivity index (χ3n) is 7.67. The summed E-state index contributed by atoms with van der Waals surface area (Å²) in [6.45, 7) is 5.96. The van der Waals surface area contributed by atoms with E-state index in [4.69, 9.17) is 4.74 Å². The van der Waals surface area contributed by atoms with E-state index in [1.165, 1.54) is 53.3 Å². The molecule has 1 fully saturated rings. The molecule has 2 atom stereocenters. The molecule has 0 radical (unpaired) electrons. The smallest absolute Gasteiger partial charge is 0.308 e. The average molecular weight is 421 g/mol. The zero-order valence-corrected chi connectivity index (χ0v) is 19.3. The maximum atomic E-state index is 12.7.